The van der Waals surface area contributed by atoms with Gasteiger partial charge in [0.1, 0.15) is 6.10 Å². The summed E-state index contributed by atoms with van der Waals surface area (Å²) in [5.41, 5.74) is 0. The van der Waals surface area contributed by atoms with E-state index in [9.17, 15) is 4.79 Å². The van der Waals surface area contributed by atoms with E-state index >= 15 is 0 Å². The molecule has 0 amide bonds. The first-order valence-electron chi connectivity index (χ1n) is 2.83. The summed E-state index contributed by atoms with van der Waals surface area (Å²) in [6, 6.07) is 0. The van der Waals surface area contributed by atoms with E-state index in [1.54, 1.807) is 0 Å². The number of rotatable bonds is 1. The molecule has 2 unspecified atom stereocenters. The standard InChI is InChI=1S/C6H8IO2.Y/c1-4-2-5(3-7)9-6(4)8;/h4-5H,1-3H2;/q-1;. The maximum Gasteiger partial charge on any atom is 0.278 e. The maximum atomic E-state index is 10.7. The van der Waals surface area contributed by atoms with Crippen LogP contribution in [0, 0.1) is 12.8 Å². The smallest absolute Gasteiger partial charge is 0.278 e. The van der Waals surface area contributed by atoms with Gasteiger partial charge in [0, 0.05) is 37.1 Å². The summed E-state index contributed by atoms with van der Waals surface area (Å²) in [7, 11) is 0. The second-order valence-electron chi connectivity index (χ2n) is 2.15. The number of esters is 1. The second kappa shape index (κ2) is 5.04. The van der Waals surface area contributed by atoms with Gasteiger partial charge >= 0.3 is 0 Å². The van der Waals surface area contributed by atoms with Crippen molar-refractivity contribution in [2.75, 3.05) is 4.43 Å². The molecular weight excluding hydrogens is 320 g/mol. The maximum absolute atomic E-state index is 10.7. The monoisotopic (exact) mass is 328 g/mol. The van der Waals surface area contributed by atoms with E-state index in [1.807, 2.05) is 0 Å². The van der Waals surface area contributed by atoms with Crippen molar-refractivity contribution in [1.82, 2.24) is 0 Å². The Morgan fingerprint density at radius 1 is 1.80 bits per heavy atom. The fourth-order valence-corrected chi connectivity index (χ4v) is 1.36. The molecule has 1 heterocycles. The van der Waals surface area contributed by atoms with E-state index in [4.69, 9.17) is 4.74 Å². The average Bonchev–Trinajstić information content (AvgIpc) is 2.13. The minimum Gasteiger partial charge on any atom is -0.463 e. The number of halogens is 1. The molecule has 10 heavy (non-hydrogen) atoms. The van der Waals surface area contributed by atoms with Crippen LogP contribution in [-0.4, -0.2) is 16.5 Å². The van der Waals surface area contributed by atoms with Gasteiger partial charge in [0.15, 0.2) is 0 Å². The minimum absolute atomic E-state index is 0. The van der Waals surface area contributed by atoms with Crippen LogP contribution in [0.3, 0.4) is 0 Å². The quantitative estimate of drug-likeness (QED) is 0.313. The molecule has 4 heteroatoms. The van der Waals surface area contributed by atoms with Crippen molar-refractivity contribution in [3.8, 4) is 0 Å². The topological polar surface area (TPSA) is 26.3 Å². The molecule has 0 aromatic carbocycles. The number of cyclic esters (lactones) is 1. The van der Waals surface area contributed by atoms with Gasteiger partial charge in [-0.15, -0.1) is 0 Å². The molecule has 1 radical (unpaired) electrons. The van der Waals surface area contributed by atoms with Crippen LogP contribution in [0.1, 0.15) is 6.42 Å². The molecule has 1 saturated heterocycles. The van der Waals surface area contributed by atoms with Crippen molar-refractivity contribution in [1.29, 1.82) is 0 Å². The van der Waals surface area contributed by atoms with Crippen molar-refractivity contribution in [2.45, 2.75) is 12.5 Å². The van der Waals surface area contributed by atoms with E-state index in [-0.39, 0.29) is 50.7 Å². The van der Waals surface area contributed by atoms with Gasteiger partial charge in [0.05, 0.1) is 0 Å². The van der Waals surface area contributed by atoms with E-state index in [0.29, 0.717) is 0 Å². The first kappa shape index (κ1) is 11.3. The Balaban J connectivity index is 0.000000810. The SMILES string of the molecule is [CH2-]C1CC(CI)OC1=O.[Y]. The Hall–Kier alpha value is 1.30. The molecule has 2 atom stereocenters. The Labute approximate surface area is 99.5 Å². The summed E-state index contributed by atoms with van der Waals surface area (Å²) in [6.07, 6.45) is 0.919. The van der Waals surface area contributed by atoms with Gasteiger partial charge in [-0.05, 0) is 6.42 Å². The fourth-order valence-electron chi connectivity index (χ4n) is 0.817. The second-order valence-corrected chi connectivity index (χ2v) is 3.03. The van der Waals surface area contributed by atoms with Crippen molar-refractivity contribution in [2.24, 2.45) is 5.92 Å². The van der Waals surface area contributed by atoms with Gasteiger partial charge < -0.3 is 11.7 Å². The summed E-state index contributed by atoms with van der Waals surface area (Å²) in [4.78, 5) is 10.7. The third-order valence-electron chi connectivity index (χ3n) is 1.34. The predicted molar refractivity (Wildman–Crippen MR) is 42.2 cm³/mol. The fraction of sp³-hybridized carbons (Fsp3) is 0.667. The molecule has 1 fully saturated rings. The molecule has 2 nitrogen and oxygen atoms in total. The van der Waals surface area contributed by atoms with Crippen molar-refractivity contribution < 1.29 is 42.2 Å². The molecule has 0 spiro atoms. The molecule has 1 rings (SSSR count). The third kappa shape index (κ3) is 2.74. The first-order valence-corrected chi connectivity index (χ1v) is 4.36. The van der Waals surface area contributed by atoms with Crippen LogP contribution >= 0.6 is 22.6 Å². The van der Waals surface area contributed by atoms with Crippen LogP contribution in [0.2, 0.25) is 0 Å². The molecule has 0 aliphatic carbocycles. The number of hydrogen-bond donors (Lipinski definition) is 0. The van der Waals surface area contributed by atoms with Crippen molar-refractivity contribution in [3.05, 3.63) is 6.92 Å². The third-order valence-corrected chi connectivity index (χ3v) is 2.32. The van der Waals surface area contributed by atoms with Crippen molar-refractivity contribution >= 4 is 28.6 Å². The van der Waals surface area contributed by atoms with E-state index in [1.165, 1.54) is 0 Å². The summed E-state index contributed by atoms with van der Waals surface area (Å²) in [6.45, 7) is 3.64. The zero-order chi connectivity index (χ0) is 6.85. The summed E-state index contributed by atoms with van der Waals surface area (Å²) >= 11 is 2.20. The summed E-state index contributed by atoms with van der Waals surface area (Å²) in [5.74, 6) is -0.263. The first-order chi connectivity index (χ1) is 4.24. The van der Waals surface area contributed by atoms with Crippen LogP contribution < -0.4 is 0 Å². The molecule has 1 aliphatic rings. The van der Waals surface area contributed by atoms with Crippen LogP contribution in [-0.2, 0) is 42.2 Å². The van der Waals surface area contributed by atoms with E-state index < -0.39 is 0 Å². The van der Waals surface area contributed by atoms with Gasteiger partial charge in [-0.25, -0.2) is 0 Å². The number of alkyl halides is 1. The van der Waals surface area contributed by atoms with Gasteiger partial charge in [-0.3, -0.25) is 4.79 Å². The Morgan fingerprint density at radius 3 is 2.60 bits per heavy atom. The van der Waals surface area contributed by atoms with Crippen LogP contribution in [0.15, 0.2) is 0 Å². The minimum atomic E-state index is -0.142. The summed E-state index contributed by atoms with van der Waals surface area (Å²) in [5, 5.41) is 0. The Kier molecular flexibility index (Phi) is 5.70. The molecule has 55 valence electrons. The molecule has 1 aliphatic heterocycles. The van der Waals surface area contributed by atoms with Crippen molar-refractivity contribution in [3.63, 3.8) is 0 Å². The Bertz CT molecular complexity index is 129. The normalized spacial score (nSPS) is 31.2. The Morgan fingerprint density at radius 2 is 2.40 bits per heavy atom. The van der Waals surface area contributed by atoms with Gasteiger partial charge in [0.25, 0.3) is 5.97 Å². The van der Waals surface area contributed by atoms with Gasteiger partial charge in [-0.1, -0.05) is 28.5 Å². The van der Waals surface area contributed by atoms with Crippen LogP contribution in [0.5, 0.6) is 0 Å². The number of hydrogen-bond acceptors (Lipinski definition) is 2. The predicted octanol–water partition coefficient (Wildman–Crippen LogP) is 1.18. The molecule has 0 saturated carbocycles. The van der Waals surface area contributed by atoms with Gasteiger partial charge in [0.2, 0.25) is 0 Å². The van der Waals surface area contributed by atoms with E-state index in [2.05, 4.69) is 29.5 Å². The molecule has 0 aromatic heterocycles. The van der Waals surface area contributed by atoms with Gasteiger partial charge in [-0.2, -0.15) is 0 Å². The van der Waals surface area contributed by atoms with E-state index in [0.717, 1.165) is 10.8 Å². The molecule has 0 aromatic rings. The number of carbonyl (C=O) groups excluding carboxylic acids is 1. The number of ether oxygens (including phenoxy) is 1. The molecule has 0 N–H and O–H groups in total. The number of carbonyl (C=O) groups is 1. The zero-order valence-corrected chi connectivity index (χ0v) is 10.5. The van der Waals surface area contributed by atoms with Crippen LogP contribution in [0.25, 0.3) is 0 Å². The molecule has 0 bridgehead atoms. The average molecular weight is 328 g/mol. The zero-order valence-electron chi connectivity index (χ0n) is 5.55. The largest absolute Gasteiger partial charge is 0.463 e. The summed E-state index contributed by atoms with van der Waals surface area (Å²) < 4.78 is 5.80. The van der Waals surface area contributed by atoms with Crippen LogP contribution in [0.4, 0.5) is 0 Å². The molecular formula is C6H8IO2Y-.